The predicted molar refractivity (Wildman–Crippen MR) is 78.3 cm³/mol. The van der Waals surface area contributed by atoms with Crippen molar-refractivity contribution in [3.8, 4) is 0 Å². The zero-order chi connectivity index (χ0) is 13.2. The third kappa shape index (κ3) is 2.53. The number of nitrogens with zero attached hydrogens (tertiary/aromatic N) is 1. The van der Waals surface area contributed by atoms with Gasteiger partial charge in [0.1, 0.15) is 0 Å². The fraction of sp³-hybridized carbons (Fsp3) is 0.500. The smallest absolute Gasteiger partial charge is 0.0758 e. The second kappa shape index (κ2) is 5.35. The zero-order valence-electron chi connectivity index (χ0n) is 11.5. The van der Waals surface area contributed by atoms with Crippen molar-refractivity contribution in [1.29, 1.82) is 0 Å². The van der Waals surface area contributed by atoms with Gasteiger partial charge in [-0.3, -0.25) is 0 Å². The summed E-state index contributed by atoms with van der Waals surface area (Å²) in [6, 6.07) is 8.58. The standard InChI is InChI=1S/C16H22N2O/c1-12-6-7-14(19-12)11-18-10-13(8-9-17)15-4-2-3-5-16(15)18/h2-5,10,12,14H,6-9,11,17H2,1H3. The lowest BCUT2D eigenvalue weighted by atomic mass is 10.1. The summed E-state index contributed by atoms with van der Waals surface area (Å²) >= 11 is 0. The molecule has 0 radical (unpaired) electrons. The number of para-hydroxylation sites is 1. The van der Waals surface area contributed by atoms with Crippen LogP contribution < -0.4 is 5.73 Å². The molecule has 19 heavy (non-hydrogen) atoms. The van der Waals surface area contributed by atoms with Gasteiger partial charge in [0.25, 0.3) is 0 Å². The monoisotopic (exact) mass is 258 g/mol. The van der Waals surface area contributed by atoms with Crippen molar-refractivity contribution in [1.82, 2.24) is 4.57 Å². The summed E-state index contributed by atoms with van der Waals surface area (Å²) in [7, 11) is 0. The SMILES string of the molecule is CC1CCC(Cn2cc(CCN)c3ccccc32)O1. The summed E-state index contributed by atoms with van der Waals surface area (Å²) in [4.78, 5) is 0. The molecule has 0 amide bonds. The molecule has 0 bridgehead atoms. The Balaban J connectivity index is 1.90. The normalized spacial score (nSPS) is 23.3. The molecule has 2 N–H and O–H groups in total. The zero-order valence-corrected chi connectivity index (χ0v) is 11.5. The van der Waals surface area contributed by atoms with Gasteiger partial charge in [0.2, 0.25) is 0 Å². The van der Waals surface area contributed by atoms with Crippen LogP contribution in [0.1, 0.15) is 25.3 Å². The van der Waals surface area contributed by atoms with Gasteiger partial charge in [-0.2, -0.15) is 0 Å². The Labute approximate surface area is 114 Å². The van der Waals surface area contributed by atoms with Crippen LogP contribution in [0, 0.1) is 0 Å². The largest absolute Gasteiger partial charge is 0.373 e. The highest BCUT2D eigenvalue weighted by molar-refractivity contribution is 5.84. The minimum atomic E-state index is 0.358. The van der Waals surface area contributed by atoms with Gasteiger partial charge in [-0.25, -0.2) is 0 Å². The fourth-order valence-corrected chi connectivity index (χ4v) is 3.07. The van der Waals surface area contributed by atoms with Crippen LogP contribution in [0.15, 0.2) is 30.5 Å². The fourth-order valence-electron chi connectivity index (χ4n) is 3.07. The Hall–Kier alpha value is -1.32. The van der Waals surface area contributed by atoms with E-state index in [0.29, 0.717) is 18.8 Å². The Morgan fingerprint density at radius 1 is 1.32 bits per heavy atom. The van der Waals surface area contributed by atoms with Gasteiger partial charge in [0.05, 0.1) is 12.2 Å². The van der Waals surface area contributed by atoms with Gasteiger partial charge in [0, 0.05) is 23.6 Å². The molecule has 1 aliphatic rings. The number of rotatable bonds is 4. The number of hydrogen-bond acceptors (Lipinski definition) is 2. The maximum Gasteiger partial charge on any atom is 0.0758 e. The molecule has 1 aromatic carbocycles. The van der Waals surface area contributed by atoms with Crippen molar-refractivity contribution in [3.63, 3.8) is 0 Å². The van der Waals surface area contributed by atoms with Crippen LogP contribution in [0.5, 0.6) is 0 Å². The van der Waals surface area contributed by atoms with Crippen LogP contribution in [-0.4, -0.2) is 23.3 Å². The highest BCUT2D eigenvalue weighted by atomic mass is 16.5. The maximum absolute atomic E-state index is 5.94. The molecule has 0 aliphatic carbocycles. The topological polar surface area (TPSA) is 40.2 Å². The van der Waals surface area contributed by atoms with Gasteiger partial charge in [-0.1, -0.05) is 18.2 Å². The Morgan fingerprint density at radius 3 is 2.89 bits per heavy atom. The molecular formula is C16H22N2O. The average molecular weight is 258 g/mol. The van der Waals surface area contributed by atoms with E-state index in [2.05, 4.69) is 42.0 Å². The first-order valence-electron chi connectivity index (χ1n) is 7.20. The van der Waals surface area contributed by atoms with Gasteiger partial charge < -0.3 is 15.0 Å². The molecule has 3 heteroatoms. The van der Waals surface area contributed by atoms with E-state index >= 15 is 0 Å². The molecule has 1 aromatic heterocycles. The summed E-state index contributed by atoms with van der Waals surface area (Å²) < 4.78 is 8.27. The van der Waals surface area contributed by atoms with Gasteiger partial charge in [-0.05, 0) is 44.4 Å². The van der Waals surface area contributed by atoms with Crippen molar-refractivity contribution >= 4 is 10.9 Å². The highest BCUT2D eigenvalue weighted by Gasteiger charge is 2.22. The van der Waals surface area contributed by atoms with E-state index in [-0.39, 0.29) is 0 Å². The quantitative estimate of drug-likeness (QED) is 0.916. The molecule has 1 fully saturated rings. The predicted octanol–water partition coefficient (Wildman–Crippen LogP) is 2.71. The first kappa shape index (κ1) is 12.7. The number of aromatic nitrogens is 1. The molecule has 2 aromatic rings. The van der Waals surface area contributed by atoms with E-state index < -0.39 is 0 Å². The van der Waals surface area contributed by atoms with Gasteiger partial charge in [0.15, 0.2) is 0 Å². The Bertz CT molecular complexity index is 561. The summed E-state index contributed by atoms with van der Waals surface area (Å²) in [5, 5.41) is 1.33. The minimum Gasteiger partial charge on any atom is -0.373 e. The minimum absolute atomic E-state index is 0.358. The molecule has 1 saturated heterocycles. The van der Waals surface area contributed by atoms with E-state index in [1.165, 1.54) is 29.3 Å². The first-order chi connectivity index (χ1) is 9.28. The molecule has 3 nitrogen and oxygen atoms in total. The van der Waals surface area contributed by atoms with E-state index in [0.717, 1.165) is 13.0 Å². The summed E-state index contributed by atoms with van der Waals surface area (Å²) in [5.41, 5.74) is 8.36. The summed E-state index contributed by atoms with van der Waals surface area (Å²) in [6.45, 7) is 3.81. The first-order valence-corrected chi connectivity index (χ1v) is 7.20. The molecule has 1 aliphatic heterocycles. The molecule has 0 spiro atoms. The van der Waals surface area contributed by atoms with Crippen LogP contribution in [-0.2, 0) is 17.7 Å². The lowest BCUT2D eigenvalue weighted by Gasteiger charge is -2.13. The highest BCUT2D eigenvalue weighted by Crippen LogP contribution is 2.25. The van der Waals surface area contributed by atoms with E-state index in [4.69, 9.17) is 10.5 Å². The van der Waals surface area contributed by atoms with E-state index in [9.17, 15) is 0 Å². The summed E-state index contributed by atoms with van der Waals surface area (Å²) in [6.07, 6.45) is 6.31. The Morgan fingerprint density at radius 2 is 2.16 bits per heavy atom. The van der Waals surface area contributed by atoms with E-state index in [1.807, 2.05) is 0 Å². The number of hydrogen-bond donors (Lipinski definition) is 1. The number of ether oxygens (including phenoxy) is 1. The van der Waals surface area contributed by atoms with Gasteiger partial charge in [-0.15, -0.1) is 0 Å². The lowest BCUT2D eigenvalue weighted by Crippen LogP contribution is -2.15. The second-order valence-corrected chi connectivity index (χ2v) is 5.51. The molecular weight excluding hydrogens is 236 g/mol. The van der Waals surface area contributed by atoms with Crippen molar-refractivity contribution in [3.05, 3.63) is 36.0 Å². The molecule has 2 atom stereocenters. The number of nitrogens with two attached hydrogens (primary N) is 1. The molecule has 3 rings (SSSR count). The molecule has 2 unspecified atom stereocenters. The van der Waals surface area contributed by atoms with Crippen LogP contribution >= 0.6 is 0 Å². The molecule has 102 valence electrons. The average Bonchev–Trinajstić information content (AvgIpc) is 2.97. The number of benzene rings is 1. The van der Waals surface area contributed by atoms with E-state index in [1.54, 1.807) is 0 Å². The van der Waals surface area contributed by atoms with Crippen molar-refractivity contribution in [2.75, 3.05) is 6.54 Å². The van der Waals surface area contributed by atoms with Crippen molar-refractivity contribution < 1.29 is 4.74 Å². The molecule has 0 saturated carbocycles. The maximum atomic E-state index is 5.94. The second-order valence-electron chi connectivity index (χ2n) is 5.51. The summed E-state index contributed by atoms with van der Waals surface area (Å²) in [5.74, 6) is 0. The molecule has 2 heterocycles. The van der Waals surface area contributed by atoms with Crippen LogP contribution in [0.3, 0.4) is 0 Å². The van der Waals surface area contributed by atoms with Crippen molar-refractivity contribution in [2.24, 2.45) is 5.73 Å². The van der Waals surface area contributed by atoms with Crippen LogP contribution in [0.25, 0.3) is 10.9 Å². The lowest BCUT2D eigenvalue weighted by molar-refractivity contribution is 0.0465. The van der Waals surface area contributed by atoms with Gasteiger partial charge >= 0.3 is 0 Å². The van der Waals surface area contributed by atoms with Crippen LogP contribution in [0.4, 0.5) is 0 Å². The Kier molecular flexibility index (Phi) is 3.58. The number of fused-ring (bicyclic) bond motifs is 1. The van der Waals surface area contributed by atoms with Crippen LogP contribution in [0.2, 0.25) is 0 Å². The third-order valence-corrected chi connectivity index (χ3v) is 4.01. The third-order valence-electron chi connectivity index (χ3n) is 4.01. The van der Waals surface area contributed by atoms with Crippen molar-refractivity contribution in [2.45, 2.75) is 44.9 Å².